The monoisotopic (exact) mass is 409 g/mol. The predicted molar refractivity (Wildman–Crippen MR) is 104 cm³/mol. The van der Waals surface area contributed by atoms with E-state index in [0.717, 1.165) is 12.0 Å². The molecule has 3 aromatic rings. The van der Waals surface area contributed by atoms with Gasteiger partial charge in [0.15, 0.2) is 0 Å². The van der Waals surface area contributed by atoms with Crippen molar-refractivity contribution in [2.24, 2.45) is 5.10 Å². The lowest BCUT2D eigenvalue weighted by atomic mass is 10.0. The van der Waals surface area contributed by atoms with Gasteiger partial charge in [0, 0.05) is 23.5 Å². The molecular weight excluding hydrogens is 394 g/mol. The molecule has 1 aromatic heterocycles. The minimum atomic E-state index is -0.345. The van der Waals surface area contributed by atoms with E-state index in [0.29, 0.717) is 15.6 Å². The zero-order valence-electron chi connectivity index (χ0n) is 13.8. The molecule has 0 aliphatic heterocycles. The fourth-order valence-corrected chi connectivity index (χ4v) is 2.96. The topological polar surface area (TPSA) is 74.6 Å². The molecule has 3 rings (SSSR count). The number of phenols is 1. The molecule has 0 saturated heterocycles. The first-order valence-electron chi connectivity index (χ1n) is 7.92. The number of carbonyl (C=O) groups is 1. The summed E-state index contributed by atoms with van der Waals surface area (Å²) >= 11 is 3.36. The number of hydrazone groups is 1. The summed E-state index contributed by atoms with van der Waals surface area (Å²) < 4.78 is 0.577. The van der Waals surface area contributed by atoms with Crippen LogP contribution in [0.25, 0.3) is 0 Å². The van der Waals surface area contributed by atoms with Crippen LogP contribution < -0.4 is 5.43 Å². The van der Waals surface area contributed by atoms with Crippen LogP contribution in [0.2, 0.25) is 0 Å². The Morgan fingerprint density at radius 3 is 2.58 bits per heavy atom. The normalized spacial score (nSPS) is 10.8. The lowest BCUT2D eigenvalue weighted by Crippen LogP contribution is -2.17. The Kier molecular flexibility index (Phi) is 5.76. The van der Waals surface area contributed by atoms with Crippen LogP contribution in [0.3, 0.4) is 0 Å². The molecule has 5 nitrogen and oxygen atoms in total. The Bertz CT molecular complexity index is 929. The SMILES string of the molecule is O=C(N/N=C\c1cc(Cc2ccccc2)cc(Br)c1O)c1ccncc1. The molecule has 1 heterocycles. The summed E-state index contributed by atoms with van der Waals surface area (Å²) in [6.45, 7) is 0. The van der Waals surface area contributed by atoms with Gasteiger partial charge in [0.25, 0.3) is 5.91 Å². The third-order valence-corrected chi connectivity index (χ3v) is 4.32. The standard InChI is InChI=1S/C20H16BrN3O2/c21-18-12-15(10-14-4-2-1-3-5-14)11-17(19(18)25)13-23-24-20(26)16-6-8-22-9-7-16/h1-9,11-13,25H,10H2,(H,24,26)/b23-13-. The van der Waals surface area contributed by atoms with Gasteiger partial charge in [-0.05, 0) is 57.7 Å². The van der Waals surface area contributed by atoms with Gasteiger partial charge in [-0.15, -0.1) is 0 Å². The molecule has 0 aliphatic carbocycles. The van der Waals surface area contributed by atoms with E-state index in [1.807, 2.05) is 42.5 Å². The maximum Gasteiger partial charge on any atom is 0.271 e. The number of carbonyl (C=O) groups excluding carboxylic acids is 1. The van der Waals surface area contributed by atoms with E-state index in [4.69, 9.17) is 0 Å². The Labute approximate surface area is 159 Å². The average molecular weight is 410 g/mol. The van der Waals surface area contributed by atoms with Crippen molar-refractivity contribution in [1.82, 2.24) is 10.4 Å². The molecule has 130 valence electrons. The number of nitrogens with zero attached hydrogens (tertiary/aromatic N) is 2. The molecule has 26 heavy (non-hydrogen) atoms. The zero-order chi connectivity index (χ0) is 18.4. The quantitative estimate of drug-likeness (QED) is 0.495. The molecule has 0 fully saturated rings. The number of hydrogen-bond acceptors (Lipinski definition) is 4. The van der Waals surface area contributed by atoms with E-state index in [2.05, 4.69) is 31.4 Å². The third-order valence-electron chi connectivity index (χ3n) is 3.72. The highest BCUT2D eigenvalue weighted by Crippen LogP contribution is 2.29. The molecule has 0 bridgehead atoms. The Balaban J connectivity index is 1.75. The number of phenolic OH excluding ortho intramolecular Hbond substituents is 1. The van der Waals surface area contributed by atoms with Crippen LogP contribution in [0.5, 0.6) is 5.75 Å². The van der Waals surface area contributed by atoms with Crippen LogP contribution in [0.1, 0.15) is 27.0 Å². The molecule has 0 aliphatic rings. The molecule has 2 aromatic carbocycles. The number of benzene rings is 2. The van der Waals surface area contributed by atoms with Crippen molar-refractivity contribution < 1.29 is 9.90 Å². The van der Waals surface area contributed by atoms with Crippen molar-refractivity contribution in [2.45, 2.75) is 6.42 Å². The van der Waals surface area contributed by atoms with Crippen LogP contribution in [0.4, 0.5) is 0 Å². The largest absolute Gasteiger partial charge is 0.506 e. The minimum absolute atomic E-state index is 0.0729. The summed E-state index contributed by atoms with van der Waals surface area (Å²) in [5.74, 6) is -0.272. The molecular formula is C20H16BrN3O2. The van der Waals surface area contributed by atoms with Gasteiger partial charge in [-0.25, -0.2) is 5.43 Å². The third kappa shape index (κ3) is 4.55. The van der Waals surface area contributed by atoms with Crippen LogP contribution in [0, 0.1) is 0 Å². The number of hydrogen-bond donors (Lipinski definition) is 2. The summed E-state index contributed by atoms with van der Waals surface area (Å²) in [7, 11) is 0. The maximum absolute atomic E-state index is 12.0. The zero-order valence-corrected chi connectivity index (χ0v) is 15.3. The van der Waals surface area contributed by atoms with Crippen molar-refractivity contribution >= 4 is 28.1 Å². The Morgan fingerprint density at radius 2 is 1.85 bits per heavy atom. The number of halogens is 1. The number of aromatic nitrogens is 1. The molecule has 2 N–H and O–H groups in total. The molecule has 0 saturated carbocycles. The number of aromatic hydroxyl groups is 1. The fraction of sp³-hybridized carbons (Fsp3) is 0.0500. The van der Waals surface area contributed by atoms with Gasteiger partial charge in [0.2, 0.25) is 0 Å². The predicted octanol–water partition coefficient (Wildman–Crippen LogP) is 3.90. The second-order valence-electron chi connectivity index (χ2n) is 5.61. The lowest BCUT2D eigenvalue weighted by Gasteiger charge is -2.07. The van der Waals surface area contributed by atoms with Crippen molar-refractivity contribution in [1.29, 1.82) is 0 Å². The highest BCUT2D eigenvalue weighted by atomic mass is 79.9. The Hall–Kier alpha value is -2.99. The van der Waals surface area contributed by atoms with Gasteiger partial charge in [-0.3, -0.25) is 9.78 Å². The number of nitrogens with one attached hydrogen (secondary N) is 1. The molecule has 1 amide bonds. The van der Waals surface area contributed by atoms with Crippen molar-refractivity contribution in [3.63, 3.8) is 0 Å². The number of amides is 1. The Morgan fingerprint density at radius 1 is 1.12 bits per heavy atom. The summed E-state index contributed by atoms with van der Waals surface area (Å²) in [5, 5.41) is 14.2. The fourth-order valence-electron chi connectivity index (χ4n) is 2.44. The van der Waals surface area contributed by atoms with Gasteiger partial charge in [0.1, 0.15) is 5.75 Å². The highest BCUT2D eigenvalue weighted by Gasteiger charge is 2.08. The minimum Gasteiger partial charge on any atom is -0.506 e. The molecule has 0 spiro atoms. The van der Waals surface area contributed by atoms with Gasteiger partial charge in [0.05, 0.1) is 10.7 Å². The molecule has 0 radical (unpaired) electrons. The van der Waals surface area contributed by atoms with E-state index < -0.39 is 0 Å². The van der Waals surface area contributed by atoms with Crippen LogP contribution in [0.15, 0.2) is 76.6 Å². The van der Waals surface area contributed by atoms with Gasteiger partial charge in [-0.2, -0.15) is 5.10 Å². The second-order valence-corrected chi connectivity index (χ2v) is 6.47. The van der Waals surface area contributed by atoms with E-state index >= 15 is 0 Å². The van der Waals surface area contributed by atoms with Crippen molar-refractivity contribution in [3.05, 3.63) is 93.7 Å². The summed E-state index contributed by atoms with van der Waals surface area (Å²) in [5.41, 5.74) is 5.59. The molecule has 0 atom stereocenters. The first-order chi connectivity index (χ1) is 12.6. The summed E-state index contributed by atoms with van der Waals surface area (Å²) in [6, 6.07) is 16.9. The maximum atomic E-state index is 12.0. The van der Waals surface area contributed by atoms with Crippen LogP contribution >= 0.6 is 15.9 Å². The highest BCUT2D eigenvalue weighted by molar-refractivity contribution is 9.10. The second kappa shape index (κ2) is 8.40. The number of pyridine rings is 1. The van der Waals surface area contributed by atoms with E-state index in [-0.39, 0.29) is 11.7 Å². The molecule has 0 unspecified atom stereocenters. The summed E-state index contributed by atoms with van der Waals surface area (Å²) in [6.07, 6.45) is 5.22. The van der Waals surface area contributed by atoms with E-state index in [1.165, 1.54) is 24.2 Å². The van der Waals surface area contributed by atoms with Crippen LogP contribution in [-0.2, 0) is 6.42 Å². The average Bonchev–Trinajstić information content (AvgIpc) is 2.67. The van der Waals surface area contributed by atoms with Gasteiger partial charge >= 0.3 is 0 Å². The van der Waals surface area contributed by atoms with Gasteiger partial charge < -0.3 is 5.11 Å². The summed E-state index contributed by atoms with van der Waals surface area (Å²) in [4.78, 5) is 15.8. The van der Waals surface area contributed by atoms with Crippen LogP contribution in [-0.4, -0.2) is 22.2 Å². The van der Waals surface area contributed by atoms with Gasteiger partial charge in [-0.1, -0.05) is 30.3 Å². The van der Waals surface area contributed by atoms with E-state index in [1.54, 1.807) is 12.1 Å². The molecule has 6 heteroatoms. The first kappa shape index (κ1) is 17.8. The van der Waals surface area contributed by atoms with Crippen molar-refractivity contribution in [3.8, 4) is 5.75 Å². The van der Waals surface area contributed by atoms with E-state index in [9.17, 15) is 9.90 Å². The smallest absolute Gasteiger partial charge is 0.271 e. The number of rotatable bonds is 5. The van der Waals surface area contributed by atoms with Crippen molar-refractivity contribution in [2.75, 3.05) is 0 Å². The first-order valence-corrected chi connectivity index (χ1v) is 8.71. The lowest BCUT2D eigenvalue weighted by molar-refractivity contribution is 0.0955.